The minimum absolute atomic E-state index is 0.0833. The van der Waals surface area contributed by atoms with Gasteiger partial charge in [0.1, 0.15) is 19.0 Å². The third kappa shape index (κ3) is 15.5. The van der Waals surface area contributed by atoms with E-state index in [0.29, 0.717) is 45.2 Å². The molecule has 356 valence electrons. The number of ketones is 1. The molecule has 1 aliphatic carbocycles. The smallest absolute Gasteiger partial charge is 0.308 e. The Bertz CT molecular complexity index is 1900. The molecule has 1 N–H and O–H groups in total. The van der Waals surface area contributed by atoms with Crippen LogP contribution >= 0.6 is 0 Å². The number of allylic oxidation sites excluding steroid dienone is 5. The van der Waals surface area contributed by atoms with Crippen molar-refractivity contribution in [3.63, 3.8) is 0 Å². The molecule has 64 heavy (non-hydrogen) atoms. The Balaban J connectivity index is 1.78. The number of phenols is 1. The molecule has 3 atom stereocenters. The van der Waals surface area contributed by atoms with Gasteiger partial charge in [0.15, 0.2) is 5.78 Å². The standard InChI is InChI=1S/C55H82O9/c1-17-36(3)50(58)63-29-27-61-25-23-60-24-26-62-28-30-64-51(59)37(4)31-38(18-2)39-19-21-40(22-20-39)47(41-32-43(52(5,6)7)48(56)44(33-41)53(8,9)10)42-34-45(54(11,12)13)49(57)46(35-42)55(14,15)16/h19-22,32-38,56H,17-18,23-31H2,1-16H3. The largest absolute Gasteiger partial charge is 0.507 e. The maximum atomic E-state index is 14.1. The molecule has 2 aromatic carbocycles. The van der Waals surface area contributed by atoms with Gasteiger partial charge in [-0.3, -0.25) is 14.4 Å². The van der Waals surface area contributed by atoms with Crippen LogP contribution in [0.2, 0.25) is 0 Å². The number of phenolic OH excluding ortho intramolecular Hbond substituents is 1. The maximum absolute atomic E-state index is 14.1. The van der Waals surface area contributed by atoms with E-state index in [1.807, 2.05) is 20.8 Å². The molecule has 0 radical (unpaired) electrons. The molecule has 3 unspecified atom stereocenters. The van der Waals surface area contributed by atoms with Gasteiger partial charge in [-0.1, -0.05) is 135 Å². The predicted octanol–water partition coefficient (Wildman–Crippen LogP) is 12.0. The van der Waals surface area contributed by atoms with E-state index in [2.05, 4.69) is 139 Å². The molecule has 0 saturated heterocycles. The molecule has 0 saturated carbocycles. The summed E-state index contributed by atoms with van der Waals surface area (Å²) in [5.41, 5.74) is 6.95. The molecule has 0 amide bonds. The minimum Gasteiger partial charge on any atom is -0.507 e. The molecule has 2 aromatic rings. The Morgan fingerprint density at radius 1 is 0.562 bits per heavy atom. The fourth-order valence-corrected chi connectivity index (χ4v) is 7.69. The highest BCUT2D eigenvalue weighted by Crippen LogP contribution is 2.46. The van der Waals surface area contributed by atoms with Crippen molar-refractivity contribution in [2.75, 3.05) is 52.9 Å². The lowest BCUT2D eigenvalue weighted by molar-refractivity contribution is -0.150. The maximum Gasteiger partial charge on any atom is 0.308 e. The molecule has 0 spiro atoms. The molecule has 1 aliphatic rings. The number of benzene rings is 2. The quantitative estimate of drug-likeness (QED) is 0.0965. The second kappa shape index (κ2) is 23.4. The number of hydrogen-bond acceptors (Lipinski definition) is 9. The van der Waals surface area contributed by atoms with E-state index in [1.165, 1.54) is 0 Å². The fourth-order valence-electron chi connectivity index (χ4n) is 7.69. The average Bonchev–Trinajstić information content (AvgIpc) is 3.20. The summed E-state index contributed by atoms with van der Waals surface area (Å²) < 4.78 is 27.3. The Kier molecular flexibility index (Phi) is 19.9. The summed E-state index contributed by atoms with van der Waals surface area (Å²) in [7, 11) is 0. The first-order valence-corrected chi connectivity index (χ1v) is 23.5. The third-order valence-corrected chi connectivity index (χ3v) is 11.9. The molecule has 9 nitrogen and oxygen atoms in total. The molecule has 0 aliphatic heterocycles. The van der Waals surface area contributed by atoms with Gasteiger partial charge in [-0.05, 0) is 99.0 Å². The van der Waals surface area contributed by atoms with Crippen molar-refractivity contribution in [1.82, 2.24) is 0 Å². The van der Waals surface area contributed by atoms with Crippen LogP contribution in [0.25, 0.3) is 5.57 Å². The fraction of sp³-hybridized carbons (Fsp3) is 0.618. The van der Waals surface area contributed by atoms with E-state index < -0.39 is 0 Å². The van der Waals surface area contributed by atoms with Crippen LogP contribution in [0.15, 0.2) is 65.3 Å². The van der Waals surface area contributed by atoms with E-state index in [0.717, 1.165) is 63.0 Å². The summed E-state index contributed by atoms with van der Waals surface area (Å²) in [6.45, 7) is 35.7. The van der Waals surface area contributed by atoms with Gasteiger partial charge >= 0.3 is 11.9 Å². The summed E-state index contributed by atoms with van der Waals surface area (Å²) in [6, 6.07) is 12.9. The monoisotopic (exact) mass is 887 g/mol. The van der Waals surface area contributed by atoms with E-state index in [1.54, 1.807) is 0 Å². The summed E-state index contributed by atoms with van der Waals surface area (Å²) in [6.07, 6.45) is 6.40. The lowest BCUT2D eigenvalue weighted by Gasteiger charge is -2.32. The van der Waals surface area contributed by atoms with Crippen LogP contribution in [0.4, 0.5) is 0 Å². The van der Waals surface area contributed by atoms with Crippen molar-refractivity contribution in [2.45, 2.75) is 147 Å². The Hall–Kier alpha value is -4.05. The van der Waals surface area contributed by atoms with E-state index in [9.17, 15) is 19.5 Å². The molecule has 3 rings (SSSR count). The predicted molar refractivity (Wildman–Crippen MR) is 259 cm³/mol. The number of hydrogen-bond donors (Lipinski definition) is 1. The molecule has 9 heteroatoms. The number of ether oxygens (including phenoxy) is 5. The van der Waals surface area contributed by atoms with Crippen molar-refractivity contribution in [2.24, 2.45) is 22.7 Å². The van der Waals surface area contributed by atoms with Crippen LogP contribution in [0.3, 0.4) is 0 Å². The highest BCUT2D eigenvalue weighted by Gasteiger charge is 2.36. The average molecular weight is 887 g/mol. The normalized spacial score (nSPS) is 15.3. The summed E-state index contributed by atoms with van der Waals surface area (Å²) in [5.74, 6) is -0.333. The third-order valence-electron chi connectivity index (χ3n) is 11.9. The van der Waals surface area contributed by atoms with Crippen LogP contribution in [-0.4, -0.2) is 75.7 Å². The molecular formula is C55H82O9. The van der Waals surface area contributed by atoms with Crippen LogP contribution in [0, 0.1) is 22.7 Å². The van der Waals surface area contributed by atoms with Crippen molar-refractivity contribution in [3.05, 3.63) is 93.1 Å². The zero-order valence-electron chi connectivity index (χ0n) is 42.3. The number of aromatic hydroxyl groups is 1. The zero-order chi connectivity index (χ0) is 48.2. The zero-order valence-corrected chi connectivity index (χ0v) is 42.3. The number of Topliss-reactive ketones (excluding diaryl/α,β-unsaturated/α-hetero) is 1. The minimum atomic E-state index is -0.386. The Labute approximate surface area is 386 Å². The first kappa shape index (κ1) is 54.3. The summed E-state index contributed by atoms with van der Waals surface area (Å²) in [5, 5.41) is 11.7. The summed E-state index contributed by atoms with van der Waals surface area (Å²) >= 11 is 0. The van der Waals surface area contributed by atoms with Gasteiger partial charge < -0.3 is 28.8 Å². The number of esters is 2. The van der Waals surface area contributed by atoms with Crippen LogP contribution < -0.4 is 0 Å². The second-order valence-electron chi connectivity index (χ2n) is 21.5. The van der Waals surface area contributed by atoms with Gasteiger partial charge in [-0.25, -0.2) is 0 Å². The molecule has 0 heterocycles. The van der Waals surface area contributed by atoms with Gasteiger partial charge in [0.2, 0.25) is 0 Å². The van der Waals surface area contributed by atoms with Gasteiger partial charge in [0.25, 0.3) is 0 Å². The van der Waals surface area contributed by atoms with Crippen molar-refractivity contribution in [1.29, 1.82) is 0 Å². The lowest BCUT2D eigenvalue weighted by Crippen LogP contribution is -2.28. The van der Waals surface area contributed by atoms with E-state index in [4.69, 9.17) is 23.7 Å². The second-order valence-corrected chi connectivity index (χ2v) is 21.5. The first-order chi connectivity index (χ1) is 29.7. The first-order valence-electron chi connectivity index (χ1n) is 23.5. The Morgan fingerprint density at radius 2 is 0.969 bits per heavy atom. The van der Waals surface area contributed by atoms with E-state index >= 15 is 0 Å². The molecule has 0 bridgehead atoms. The number of carbonyl (C=O) groups excluding carboxylic acids is 3. The molecular weight excluding hydrogens is 805 g/mol. The summed E-state index contributed by atoms with van der Waals surface area (Å²) in [4.78, 5) is 38.9. The van der Waals surface area contributed by atoms with Crippen molar-refractivity contribution >= 4 is 23.3 Å². The number of carbonyl (C=O) groups is 3. The highest BCUT2D eigenvalue weighted by atomic mass is 16.6. The van der Waals surface area contributed by atoms with Crippen LogP contribution in [0.1, 0.15) is 164 Å². The SMILES string of the molecule is CCC(C)C(=O)OCCOCCOCCOCCOC(=O)C(C)CC(CC)c1ccc(C(=C2C=C(C(C)(C)C)C(=O)C(C(C)(C)C)=C2)c2cc(C(C)(C)C)c(O)c(C(C)(C)C)c2)cc1. The van der Waals surface area contributed by atoms with Crippen LogP contribution in [0.5, 0.6) is 5.75 Å². The number of rotatable bonds is 21. The lowest BCUT2D eigenvalue weighted by atomic mass is 9.70. The van der Waals surface area contributed by atoms with Crippen molar-refractivity contribution < 1.29 is 43.2 Å². The molecule has 0 fully saturated rings. The van der Waals surface area contributed by atoms with Crippen molar-refractivity contribution in [3.8, 4) is 5.75 Å². The van der Waals surface area contributed by atoms with Gasteiger partial charge in [-0.15, -0.1) is 0 Å². The van der Waals surface area contributed by atoms with Gasteiger partial charge in [-0.2, -0.15) is 0 Å². The van der Waals surface area contributed by atoms with Gasteiger partial charge in [0, 0.05) is 22.3 Å². The highest BCUT2D eigenvalue weighted by molar-refractivity contribution is 6.12. The Morgan fingerprint density at radius 3 is 1.34 bits per heavy atom. The topological polar surface area (TPSA) is 118 Å². The van der Waals surface area contributed by atoms with Gasteiger partial charge in [0.05, 0.1) is 51.5 Å². The molecule has 0 aromatic heterocycles. The van der Waals surface area contributed by atoms with Crippen LogP contribution in [-0.2, 0) is 48.9 Å². The van der Waals surface area contributed by atoms with E-state index in [-0.39, 0.29) is 77.0 Å².